The zero-order valence-corrected chi connectivity index (χ0v) is 4.84. The van der Waals surface area contributed by atoms with Gasteiger partial charge in [-0.1, -0.05) is 5.21 Å². The zero-order chi connectivity index (χ0) is 7.61. The van der Waals surface area contributed by atoms with Crippen LogP contribution in [0.25, 0.3) is 0 Å². The molecule has 56 valence electrons. The van der Waals surface area contributed by atoms with Crippen LogP contribution in [0.5, 0.6) is 0 Å². The van der Waals surface area contributed by atoms with Gasteiger partial charge in [-0.3, -0.25) is 0 Å². The van der Waals surface area contributed by atoms with E-state index in [0.717, 1.165) is 12.4 Å². The van der Waals surface area contributed by atoms with E-state index in [1.165, 1.54) is 0 Å². The Morgan fingerprint density at radius 3 is 2.60 bits per heavy atom. The minimum absolute atomic E-state index is 0.174. The molecule has 10 heavy (non-hydrogen) atoms. The molecule has 0 unspecified atom stereocenters. The summed E-state index contributed by atoms with van der Waals surface area (Å²) in [4.78, 5) is 0. The largest absolute Gasteiger partial charge is 0.372 e. The Morgan fingerprint density at radius 1 is 1.50 bits per heavy atom. The maximum absolute atomic E-state index is 12.2. The maximum atomic E-state index is 12.2. The van der Waals surface area contributed by atoms with E-state index in [0.29, 0.717) is 0 Å². The number of rotatable bonds is 2. The smallest absolute Gasteiger partial charge is 0.242 e. The Morgan fingerprint density at radius 2 is 2.20 bits per heavy atom. The lowest BCUT2D eigenvalue weighted by molar-refractivity contribution is -0.110. The van der Waals surface area contributed by atoms with Crippen LogP contribution in [0.4, 0.5) is 13.2 Å². The van der Waals surface area contributed by atoms with Gasteiger partial charge in [-0.15, -0.1) is 5.10 Å². The summed E-state index contributed by atoms with van der Waals surface area (Å²) in [5.74, 6) is 0. The quantitative estimate of drug-likeness (QED) is 0.625. The number of alkyl halides is 3. The summed E-state index contributed by atoms with van der Waals surface area (Å²) in [5, 5.41) is 6.04. The second kappa shape index (κ2) is 2.28. The third-order valence-corrected chi connectivity index (χ3v) is 0.918. The summed E-state index contributed by atoms with van der Waals surface area (Å²) in [6.45, 7) is -1.77. The first-order chi connectivity index (χ1) is 4.67. The molecule has 0 saturated heterocycles. The van der Waals surface area contributed by atoms with E-state index in [-0.39, 0.29) is 4.68 Å². The third kappa shape index (κ3) is 1.09. The summed E-state index contributed by atoms with van der Waals surface area (Å²) in [6, 6.07) is -3.56. The third-order valence-electron chi connectivity index (χ3n) is 0.918. The Hall–Kier alpha value is -1.07. The number of aromatic nitrogens is 3. The van der Waals surface area contributed by atoms with Crippen molar-refractivity contribution in [1.29, 1.82) is 0 Å². The molecule has 3 nitrogen and oxygen atoms in total. The second-order valence-corrected chi connectivity index (χ2v) is 1.65. The van der Waals surface area contributed by atoms with Gasteiger partial charge in [0.1, 0.15) is 0 Å². The molecule has 6 heteroatoms. The Kier molecular flexibility index (Phi) is 1.60. The molecule has 0 radical (unpaired) electrons. The fourth-order valence-electron chi connectivity index (χ4n) is 0.444. The Labute approximate surface area is 54.5 Å². The van der Waals surface area contributed by atoms with Crippen molar-refractivity contribution >= 4 is 0 Å². The molecule has 0 aliphatic carbocycles. The molecule has 0 aliphatic rings. The SMILES string of the molecule is FCC(F)(F)n1ccnn1. The molecule has 0 atom stereocenters. The van der Waals surface area contributed by atoms with Crippen molar-refractivity contribution in [1.82, 2.24) is 15.0 Å². The lowest BCUT2D eigenvalue weighted by Gasteiger charge is -2.09. The lowest BCUT2D eigenvalue weighted by atomic mass is 10.6. The molecular formula is C4H4F3N3. The van der Waals surface area contributed by atoms with Crippen molar-refractivity contribution in [2.75, 3.05) is 6.67 Å². The van der Waals surface area contributed by atoms with E-state index >= 15 is 0 Å². The maximum Gasteiger partial charge on any atom is 0.372 e. The molecule has 0 N–H and O–H groups in total. The average molecular weight is 151 g/mol. The highest BCUT2D eigenvalue weighted by molar-refractivity contribution is 4.70. The van der Waals surface area contributed by atoms with Crippen LogP contribution >= 0.6 is 0 Å². The second-order valence-electron chi connectivity index (χ2n) is 1.65. The van der Waals surface area contributed by atoms with Crippen LogP contribution in [0, 0.1) is 0 Å². The molecule has 0 aliphatic heterocycles. The molecule has 0 amide bonds. The van der Waals surface area contributed by atoms with Crippen LogP contribution in [0.3, 0.4) is 0 Å². The van der Waals surface area contributed by atoms with Gasteiger partial charge in [0.2, 0.25) is 0 Å². The summed E-state index contributed by atoms with van der Waals surface area (Å²) in [6.07, 6.45) is 1.96. The first kappa shape index (κ1) is 7.04. The van der Waals surface area contributed by atoms with Crippen LogP contribution in [-0.2, 0) is 6.05 Å². The molecule has 1 heterocycles. The van der Waals surface area contributed by atoms with E-state index in [1.807, 2.05) is 0 Å². The highest BCUT2D eigenvalue weighted by Gasteiger charge is 2.31. The molecule has 0 fully saturated rings. The van der Waals surface area contributed by atoms with Crippen molar-refractivity contribution in [2.24, 2.45) is 0 Å². The van der Waals surface area contributed by atoms with Gasteiger partial charge in [0.15, 0.2) is 6.67 Å². The zero-order valence-electron chi connectivity index (χ0n) is 4.84. The van der Waals surface area contributed by atoms with Gasteiger partial charge < -0.3 is 0 Å². The molecule has 0 saturated carbocycles. The van der Waals surface area contributed by atoms with Gasteiger partial charge >= 0.3 is 6.05 Å². The number of halogens is 3. The van der Waals surface area contributed by atoms with Crippen LogP contribution in [0.1, 0.15) is 0 Å². The number of nitrogens with zero attached hydrogens (tertiary/aromatic N) is 3. The van der Waals surface area contributed by atoms with Crippen molar-refractivity contribution < 1.29 is 13.2 Å². The molecule has 1 aromatic rings. The van der Waals surface area contributed by atoms with E-state index in [9.17, 15) is 13.2 Å². The minimum atomic E-state index is -3.56. The normalized spacial score (nSPS) is 11.9. The van der Waals surface area contributed by atoms with Crippen LogP contribution in [0.15, 0.2) is 12.4 Å². The van der Waals surface area contributed by atoms with E-state index in [4.69, 9.17) is 0 Å². The highest BCUT2D eigenvalue weighted by atomic mass is 19.3. The fourth-order valence-corrected chi connectivity index (χ4v) is 0.444. The first-order valence-corrected chi connectivity index (χ1v) is 2.47. The average Bonchev–Trinajstić information content (AvgIpc) is 2.38. The molecule has 0 aromatic carbocycles. The molecule has 0 bridgehead atoms. The van der Waals surface area contributed by atoms with Crippen LogP contribution in [0.2, 0.25) is 0 Å². The van der Waals surface area contributed by atoms with E-state index < -0.39 is 12.7 Å². The van der Waals surface area contributed by atoms with Gasteiger partial charge in [0.05, 0.1) is 12.4 Å². The van der Waals surface area contributed by atoms with Crippen molar-refractivity contribution in [3.63, 3.8) is 0 Å². The Bertz CT molecular complexity index is 196. The summed E-state index contributed by atoms with van der Waals surface area (Å²) in [7, 11) is 0. The van der Waals surface area contributed by atoms with Crippen molar-refractivity contribution in [3.8, 4) is 0 Å². The van der Waals surface area contributed by atoms with E-state index in [1.54, 1.807) is 0 Å². The summed E-state index contributed by atoms with van der Waals surface area (Å²) < 4.78 is 36.1. The Balaban J connectivity index is 2.85. The standard InChI is InChI=1S/C4H4F3N3/c5-3-4(6,7)10-2-1-8-9-10/h1-2H,3H2. The summed E-state index contributed by atoms with van der Waals surface area (Å²) in [5.41, 5.74) is 0. The predicted octanol–water partition coefficient (Wildman–Crippen LogP) is 0.797. The van der Waals surface area contributed by atoms with Gasteiger partial charge in [0.25, 0.3) is 0 Å². The number of hydrogen-bond acceptors (Lipinski definition) is 2. The van der Waals surface area contributed by atoms with Gasteiger partial charge in [-0.25, -0.2) is 4.39 Å². The fraction of sp³-hybridized carbons (Fsp3) is 0.500. The van der Waals surface area contributed by atoms with Crippen molar-refractivity contribution in [2.45, 2.75) is 6.05 Å². The monoisotopic (exact) mass is 151 g/mol. The topological polar surface area (TPSA) is 30.7 Å². The van der Waals surface area contributed by atoms with Crippen molar-refractivity contribution in [3.05, 3.63) is 12.4 Å². The predicted molar refractivity (Wildman–Crippen MR) is 26.2 cm³/mol. The minimum Gasteiger partial charge on any atom is -0.242 e. The van der Waals surface area contributed by atoms with Crippen LogP contribution < -0.4 is 0 Å². The number of hydrogen-bond donors (Lipinski definition) is 0. The van der Waals surface area contributed by atoms with Gasteiger partial charge in [0, 0.05) is 0 Å². The lowest BCUT2D eigenvalue weighted by Crippen LogP contribution is -2.25. The molecular weight excluding hydrogens is 147 g/mol. The van der Waals surface area contributed by atoms with Gasteiger partial charge in [-0.05, 0) is 0 Å². The van der Waals surface area contributed by atoms with E-state index in [2.05, 4.69) is 10.3 Å². The summed E-state index contributed by atoms with van der Waals surface area (Å²) >= 11 is 0. The molecule has 1 rings (SSSR count). The molecule has 1 aromatic heterocycles. The highest BCUT2D eigenvalue weighted by Crippen LogP contribution is 2.18. The van der Waals surface area contributed by atoms with Gasteiger partial charge in [-0.2, -0.15) is 13.5 Å². The van der Waals surface area contributed by atoms with Crippen LogP contribution in [-0.4, -0.2) is 21.7 Å². The molecule has 0 spiro atoms. The first-order valence-electron chi connectivity index (χ1n) is 2.47.